The summed E-state index contributed by atoms with van der Waals surface area (Å²) in [6.07, 6.45) is 0. The van der Waals surface area contributed by atoms with Gasteiger partial charge in [0.05, 0.1) is 4.92 Å². The van der Waals surface area contributed by atoms with E-state index in [4.69, 9.17) is 9.15 Å². The molecular formula is C20H8F4N2O5. The highest BCUT2D eigenvalue weighted by molar-refractivity contribution is 5.93. The van der Waals surface area contributed by atoms with Crippen molar-refractivity contribution in [1.29, 1.82) is 0 Å². The van der Waals surface area contributed by atoms with Gasteiger partial charge in [-0.15, -0.1) is 0 Å². The normalized spacial score (nSPS) is 11.0. The SMILES string of the molecule is O=c1cc(-c2ccc([N+](=O)[O-])cc2)c2ccc(Oc3c(F)c(F)nc(F)c3F)cc2o1. The molecule has 0 aliphatic carbocycles. The molecule has 0 aliphatic heterocycles. The Hall–Kier alpha value is -4.28. The number of non-ortho nitro benzene ring substituents is 1. The predicted molar refractivity (Wildman–Crippen MR) is 98.7 cm³/mol. The van der Waals surface area contributed by atoms with Crippen molar-refractivity contribution in [2.45, 2.75) is 0 Å². The van der Waals surface area contributed by atoms with E-state index in [0.717, 1.165) is 12.1 Å². The third-order valence-corrected chi connectivity index (χ3v) is 4.28. The number of fused-ring (bicyclic) bond motifs is 1. The van der Waals surface area contributed by atoms with E-state index in [1.807, 2.05) is 0 Å². The van der Waals surface area contributed by atoms with Crippen LogP contribution in [0.25, 0.3) is 22.1 Å². The molecule has 2 heterocycles. The Morgan fingerprint density at radius 3 is 2.19 bits per heavy atom. The topological polar surface area (TPSA) is 95.5 Å². The van der Waals surface area contributed by atoms with Gasteiger partial charge in [-0.25, -0.2) is 4.79 Å². The van der Waals surface area contributed by atoms with E-state index in [1.54, 1.807) is 0 Å². The summed E-state index contributed by atoms with van der Waals surface area (Å²) in [4.78, 5) is 24.6. The van der Waals surface area contributed by atoms with E-state index >= 15 is 0 Å². The summed E-state index contributed by atoms with van der Waals surface area (Å²) in [5.74, 6) is -9.07. The van der Waals surface area contributed by atoms with Crippen molar-refractivity contribution in [1.82, 2.24) is 4.98 Å². The smallest absolute Gasteiger partial charge is 0.336 e. The Labute approximate surface area is 169 Å². The third kappa shape index (κ3) is 3.68. The molecule has 4 rings (SSSR count). The first-order valence-electron chi connectivity index (χ1n) is 8.45. The Kier molecular flexibility index (Phi) is 4.85. The molecule has 156 valence electrons. The van der Waals surface area contributed by atoms with Crippen molar-refractivity contribution in [2.75, 3.05) is 0 Å². The molecular weight excluding hydrogens is 424 g/mol. The van der Waals surface area contributed by atoms with Gasteiger partial charge in [-0.05, 0) is 35.4 Å². The first-order chi connectivity index (χ1) is 14.7. The Balaban J connectivity index is 1.80. The van der Waals surface area contributed by atoms with Gasteiger partial charge in [0.25, 0.3) is 17.6 Å². The van der Waals surface area contributed by atoms with Crippen LogP contribution in [0.15, 0.2) is 57.7 Å². The number of pyridine rings is 1. The number of ether oxygens (including phenoxy) is 1. The minimum absolute atomic E-state index is 0.0610. The molecule has 0 unspecified atom stereocenters. The first-order valence-corrected chi connectivity index (χ1v) is 8.45. The first kappa shape index (κ1) is 20.0. The zero-order chi connectivity index (χ0) is 22.3. The lowest BCUT2D eigenvalue weighted by Gasteiger charge is -2.10. The maximum atomic E-state index is 13.8. The zero-order valence-electron chi connectivity index (χ0n) is 15.1. The van der Waals surface area contributed by atoms with E-state index in [9.17, 15) is 32.5 Å². The van der Waals surface area contributed by atoms with Crippen LogP contribution in [-0.4, -0.2) is 9.91 Å². The number of hydrogen-bond donors (Lipinski definition) is 0. The summed E-state index contributed by atoms with van der Waals surface area (Å²) in [6.45, 7) is 0. The lowest BCUT2D eigenvalue weighted by molar-refractivity contribution is -0.384. The molecule has 0 N–H and O–H groups in total. The molecule has 2 aromatic heterocycles. The molecule has 0 amide bonds. The van der Waals surface area contributed by atoms with Crippen molar-refractivity contribution >= 4 is 16.7 Å². The summed E-state index contributed by atoms with van der Waals surface area (Å²) in [7, 11) is 0. The summed E-state index contributed by atoms with van der Waals surface area (Å²) in [5.41, 5.74) is -0.156. The van der Waals surface area contributed by atoms with Gasteiger partial charge in [0.15, 0.2) is 0 Å². The fourth-order valence-electron chi connectivity index (χ4n) is 2.88. The minimum Gasteiger partial charge on any atom is -0.451 e. The van der Waals surface area contributed by atoms with Gasteiger partial charge in [-0.1, -0.05) is 0 Å². The highest BCUT2D eigenvalue weighted by Crippen LogP contribution is 2.34. The largest absolute Gasteiger partial charge is 0.451 e. The van der Waals surface area contributed by atoms with Crippen LogP contribution in [0, 0.1) is 33.6 Å². The van der Waals surface area contributed by atoms with Crippen molar-refractivity contribution in [2.24, 2.45) is 0 Å². The fourth-order valence-corrected chi connectivity index (χ4v) is 2.88. The van der Waals surface area contributed by atoms with Crippen LogP contribution in [-0.2, 0) is 0 Å². The van der Waals surface area contributed by atoms with Crippen LogP contribution < -0.4 is 10.4 Å². The molecule has 0 fully saturated rings. The number of nitrogens with zero attached hydrogens (tertiary/aromatic N) is 2. The van der Waals surface area contributed by atoms with Crippen molar-refractivity contribution in [3.05, 3.63) is 92.6 Å². The van der Waals surface area contributed by atoms with Gasteiger partial charge >= 0.3 is 5.63 Å². The molecule has 2 aromatic carbocycles. The van der Waals surface area contributed by atoms with Gasteiger partial charge in [0, 0.05) is 29.7 Å². The second kappa shape index (κ2) is 7.52. The number of benzene rings is 2. The fraction of sp³-hybridized carbons (Fsp3) is 0. The van der Waals surface area contributed by atoms with Gasteiger partial charge in [-0.3, -0.25) is 10.1 Å². The zero-order valence-corrected chi connectivity index (χ0v) is 15.1. The number of hydrogen-bond acceptors (Lipinski definition) is 6. The molecule has 0 saturated heterocycles. The number of halogens is 4. The van der Waals surface area contributed by atoms with Gasteiger partial charge in [0.1, 0.15) is 11.3 Å². The van der Waals surface area contributed by atoms with Crippen molar-refractivity contribution in [3.63, 3.8) is 0 Å². The molecule has 4 aromatic rings. The van der Waals surface area contributed by atoms with Crippen LogP contribution >= 0.6 is 0 Å². The molecule has 7 nitrogen and oxygen atoms in total. The summed E-state index contributed by atoms with van der Waals surface area (Å²) >= 11 is 0. The lowest BCUT2D eigenvalue weighted by atomic mass is 10.0. The molecule has 31 heavy (non-hydrogen) atoms. The highest BCUT2D eigenvalue weighted by atomic mass is 19.2. The summed E-state index contributed by atoms with van der Waals surface area (Å²) < 4.78 is 64.1. The summed E-state index contributed by atoms with van der Waals surface area (Å²) in [5, 5.41) is 11.2. The molecule has 11 heteroatoms. The van der Waals surface area contributed by atoms with E-state index in [0.29, 0.717) is 16.5 Å². The van der Waals surface area contributed by atoms with E-state index < -0.39 is 39.8 Å². The van der Waals surface area contributed by atoms with Gasteiger partial charge < -0.3 is 9.15 Å². The second-order valence-electron chi connectivity index (χ2n) is 6.19. The number of aromatic nitrogens is 1. The Bertz CT molecular complexity index is 1380. The number of nitro benzene ring substituents is 1. The van der Waals surface area contributed by atoms with E-state index in [1.165, 1.54) is 36.4 Å². The van der Waals surface area contributed by atoms with Crippen LogP contribution in [0.3, 0.4) is 0 Å². The van der Waals surface area contributed by atoms with Crippen LogP contribution in [0.2, 0.25) is 0 Å². The van der Waals surface area contributed by atoms with Gasteiger partial charge in [0.2, 0.25) is 17.4 Å². The monoisotopic (exact) mass is 432 g/mol. The molecule has 0 saturated carbocycles. The maximum Gasteiger partial charge on any atom is 0.336 e. The third-order valence-electron chi connectivity index (χ3n) is 4.28. The molecule has 0 spiro atoms. The maximum absolute atomic E-state index is 13.8. The number of rotatable bonds is 4. The standard InChI is InChI=1S/C20H8F4N2O5/c21-16-18(17(22)20(24)25-19(16)23)30-11-5-6-12-13(8-15(27)31-14(12)7-11)9-1-3-10(4-2-9)26(28)29/h1-8H. The lowest BCUT2D eigenvalue weighted by Crippen LogP contribution is -2.03. The Morgan fingerprint density at radius 2 is 1.58 bits per heavy atom. The molecule has 0 aliphatic rings. The average Bonchev–Trinajstić information content (AvgIpc) is 2.74. The van der Waals surface area contributed by atoms with Crippen LogP contribution in [0.5, 0.6) is 11.5 Å². The van der Waals surface area contributed by atoms with Gasteiger partial charge in [-0.2, -0.15) is 22.5 Å². The average molecular weight is 432 g/mol. The minimum atomic E-state index is -1.89. The van der Waals surface area contributed by atoms with E-state index in [-0.39, 0.29) is 17.0 Å². The summed E-state index contributed by atoms with van der Waals surface area (Å²) in [6, 6.07) is 10.3. The highest BCUT2D eigenvalue weighted by Gasteiger charge is 2.23. The van der Waals surface area contributed by atoms with E-state index in [2.05, 4.69) is 4.98 Å². The molecule has 0 radical (unpaired) electrons. The molecule has 0 bridgehead atoms. The Morgan fingerprint density at radius 1 is 0.935 bits per heavy atom. The quantitative estimate of drug-likeness (QED) is 0.146. The predicted octanol–water partition coefficient (Wildman–Crippen LogP) is 5.11. The van der Waals surface area contributed by atoms with Crippen LogP contribution in [0.4, 0.5) is 23.2 Å². The van der Waals surface area contributed by atoms with Crippen molar-refractivity contribution in [3.8, 4) is 22.6 Å². The second-order valence-corrected chi connectivity index (χ2v) is 6.19. The van der Waals surface area contributed by atoms with Crippen LogP contribution in [0.1, 0.15) is 0 Å². The molecule has 0 atom stereocenters. The van der Waals surface area contributed by atoms with Crippen molar-refractivity contribution < 1.29 is 31.6 Å². The number of nitro groups is 1.